The van der Waals surface area contributed by atoms with Gasteiger partial charge in [0.15, 0.2) is 0 Å². The zero-order valence-electron chi connectivity index (χ0n) is 16.6. The third kappa shape index (κ3) is 6.61. The zero-order chi connectivity index (χ0) is 20.6. The molecule has 0 aliphatic heterocycles. The van der Waals surface area contributed by atoms with Crippen molar-refractivity contribution in [2.75, 3.05) is 10.6 Å². The molecule has 0 saturated heterocycles. The smallest absolute Gasteiger partial charge is 0.237 e. The third-order valence-corrected chi connectivity index (χ3v) is 7.02. The summed E-state index contributed by atoms with van der Waals surface area (Å²) in [6.45, 7) is 2.01. The van der Waals surface area contributed by atoms with Crippen LogP contribution in [-0.2, 0) is 9.59 Å². The van der Waals surface area contributed by atoms with E-state index in [-0.39, 0.29) is 23.0 Å². The number of amides is 2. The second-order valence-electron chi connectivity index (χ2n) is 7.36. The molecule has 0 heterocycles. The Bertz CT molecular complexity index is 835. The van der Waals surface area contributed by atoms with Crippen molar-refractivity contribution < 1.29 is 9.59 Å². The Balaban J connectivity index is 1.60. The lowest BCUT2D eigenvalue weighted by atomic mass is 9.88. The summed E-state index contributed by atoms with van der Waals surface area (Å²) in [7, 11) is 0. The van der Waals surface area contributed by atoms with Crippen molar-refractivity contribution in [3.8, 4) is 0 Å². The molecule has 4 nitrogen and oxygen atoms in total. The van der Waals surface area contributed by atoms with Crippen LogP contribution in [0.25, 0.3) is 0 Å². The van der Waals surface area contributed by atoms with Crippen LogP contribution in [0.1, 0.15) is 45.4 Å². The number of carbonyl (C=O) groups is 2. The Morgan fingerprint density at radius 1 is 1.03 bits per heavy atom. The quantitative estimate of drug-likeness (QED) is 0.451. The van der Waals surface area contributed by atoms with Crippen LogP contribution in [0.5, 0.6) is 0 Å². The van der Waals surface area contributed by atoms with Crippen LogP contribution >= 0.6 is 27.7 Å². The lowest BCUT2D eigenvalue weighted by Gasteiger charge is -2.21. The maximum Gasteiger partial charge on any atom is 0.237 e. The van der Waals surface area contributed by atoms with Crippen LogP contribution in [0.15, 0.2) is 57.9 Å². The van der Waals surface area contributed by atoms with E-state index in [1.807, 2.05) is 55.5 Å². The van der Waals surface area contributed by atoms with Crippen molar-refractivity contribution >= 4 is 50.9 Å². The second-order valence-corrected chi connectivity index (χ2v) is 9.55. The van der Waals surface area contributed by atoms with Gasteiger partial charge in [-0.15, -0.1) is 11.8 Å². The van der Waals surface area contributed by atoms with Crippen LogP contribution in [0, 0.1) is 5.92 Å². The van der Waals surface area contributed by atoms with Gasteiger partial charge >= 0.3 is 0 Å². The van der Waals surface area contributed by atoms with E-state index >= 15 is 0 Å². The van der Waals surface area contributed by atoms with Crippen molar-refractivity contribution in [3.05, 3.63) is 53.0 Å². The van der Waals surface area contributed by atoms with Crippen LogP contribution in [-0.4, -0.2) is 17.1 Å². The predicted molar refractivity (Wildman–Crippen MR) is 124 cm³/mol. The van der Waals surface area contributed by atoms with Gasteiger partial charge in [-0.05, 0) is 61.7 Å². The van der Waals surface area contributed by atoms with E-state index in [0.717, 1.165) is 46.4 Å². The zero-order valence-corrected chi connectivity index (χ0v) is 19.0. The first kappa shape index (κ1) is 21.9. The van der Waals surface area contributed by atoms with Crippen LogP contribution in [0.3, 0.4) is 0 Å². The average molecular weight is 475 g/mol. The number of halogens is 1. The molecule has 29 heavy (non-hydrogen) atoms. The van der Waals surface area contributed by atoms with E-state index in [0.29, 0.717) is 6.42 Å². The fourth-order valence-corrected chi connectivity index (χ4v) is 4.78. The molecule has 154 valence electrons. The Labute approximate surface area is 185 Å². The van der Waals surface area contributed by atoms with Gasteiger partial charge in [0.05, 0.1) is 5.25 Å². The first-order valence-electron chi connectivity index (χ1n) is 10.2. The van der Waals surface area contributed by atoms with Gasteiger partial charge in [-0.3, -0.25) is 9.59 Å². The van der Waals surface area contributed by atoms with Crippen molar-refractivity contribution in [2.45, 2.75) is 55.6 Å². The van der Waals surface area contributed by atoms with Crippen LogP contribution in [0.4, 0.5) is 11.4 Å². The van der Waals surface area contributed by atoms with Gasteiger partial charge in [0.1, 0.15) is 0 Å². The molecule has 1 unspecified atom stereocenters. The summed E-state index contributed by atoms with van der Waals surface area (Å²) in [6, 6.07) is 15.3. The SMILES string of the molecule is CCC(Sc1cccc(NC(=O)C2CCCCC2)c1)C(=O)Nc1ccc(Br)cc1. The highest BCUT2D eigenvalue weighted by Gasteiger charge is 2.22. The largest absolute Gasteiger partial charge is 0.326 e. The normalized spacial score (nSPS) is 15.5. The highest BCUT2D eigenvalue weighted by molar-refractivity contribution is 9.10. The minimum Gasteiger partial charge on any atom is -0.326 e. The molecule has 1 fully saturated rings. The number of nitrogens with one attached hydrogen (secondary N) is 2. The van der Waals surface area contributed by atoms with E-state index in [4.69, 9.17) is 0 Å². The Morgan fingerprint density at radius 2 is 1.76 bits per heavy atom. The summed E-state index contributed by atoms with van der Waals surface area (Å²) in [5.74, 6) is 0.225. The molecular formula is C23H27BrN2O2S. The molecule has 0 bridgehead atoms. The fourth-order valence-electron chi connectivity index (χ4n) is 3.50. The van der Waals surface area contributed by atoms with Crippen LogP contribution in [0.2, 0.25) is 0 Å². The molecule has 2 N–H and O–H groups in total. The molecule has 1 aliphatic rings. The molecule has 1 atom stereocenters. The van der Waals surface area contributed by atoms with Gasteiger partial charge < -0.3 is 10.6 Å². The van der Waals surface area contributed by atoms with Gasteiger partial charge in [-0.25, -0.2) is 0 Å². The number of rotatable bonds is 7. The number of anilines is 2. The first-order chi connectivity index (χ1) is 14.0. The number of hydrogen-bond acceptors (Lipinski definition) is 3. The maximum atomic E-state index is 12.7. The summed E-state index contributed by atoms with van der Waals surface area (Å²) in [4.78, 5) is 26.2. The Hall–Kier alpha value is -1.79. The lowest BCUT2D eigenvalue weighted by Crippen LogP contribution is -2.25. The molecule has 2 aromatic carbocycles. The highest BCUT2D eigenvalue weighted by atomic mass is 79.9. The Kier molecular flexibility index (Phi) is 8.19. The fraction of sp³-hybridized carbons (Fsp3) is 0.391. The molecule has 0 spiro atoms. The van der Waals surface area contributed by atoms with E-state index in [2.05, 4.69) is 26.6 Å². The Morgan fingerprint density at radius 3 is 2.45 bits per heavy atom. The van der Waals surface area contributed by atoms with E-state index < -0.39 is 0 Å². The number of hydrogen-bond donors (Lipinski definition) is 2. The standard InChI is InChI=1S/C23H27BrN2O2S/c1-2-21(23(28)25-18-13-11-17(24)12-14-18)29-20-10-6-9-19(15-20)26-22(27)16-7-4-3-5-8-16/h6,9-16,21H,2-5,7-8H2,1H3,(H,25,28)(H,26,27). The summed E-state index contributed by atoms with van der Waals surface area (Å²) >= 11 is 4.92. The summed E-state index contributed by atoms with van der Waals surface area (Å²) < 4.78 is 0.976. The van der Waals surface area contributed by atoms with Gasteiger partial charge in [0.2, 0.25) is 11.8 Å². The summed E-state index contributed by atoms with van der Waals surface area (Å²) in [5.41, 5.74) is 1.58. The van der Waals surface area contributed by atoms with Gasteiger partial charge in [-0.1, -0.05) is 48.2 Å². The van der Waals surface area contributed by atoms with E-state index in [9.17, 15) is 9.59 Å². The monoisotopic (exact) mass is 474 g/mol. The molecule has 1 aliphatic carbocycles. The lowest BCUT2D eigenvalue weighted by molar-refractivity contribution is -0.120. The number of benzene rings is 2. The van der Waals surface area contributed by atoms with E-state index in [1.165, 1.54) is 18.2 Å². The summed E-state index contributed by atoms with van der Waals surface area (Å²) in [5, 5.41) is 5.83. The first-order valence-corrected chi connectivity index (χ1v) is 11.9. The molecule has 6 heteroatoms. The predicted octanol–water partition coefficient (Wildman–Crippen LogP) is 6.48. The molecular weight excluding hydrogens is 448 g/mol. The maximum absolute atomic E-state index is 12.7. The molecule has 1 saturated carbocycles. The second kappa shape index (κ2) is 10.8. The minimum absolute atomic E-state index is 0.0172. The van der Waals surface area contributed by atoms with Crippen LogP contribution < -0.4 is 10.6 Å². The third-order valence-electron chi connectivity index (χ3n) is 5.13. The van der Waals surface area contributed by atoms with Gasteiger partial charge in [-0.2, -0.15) is 0 Å². The molecule has 0 aromatic heterocycles. The molecule has 2 amide bonds. The minimum atomic E-state index is -0.206. The van der Waals surface area contributed by atoms with Crippen molar-refractivity contribution in [2.24, 2.45) is 5.92 Å². The molecule has 2 aromatic rings. The number of thioether (sulfide) groups is 1. The average Bonchev–Trinajstić information content (AvgIpc) is 2.74. The number of carbonyl (C=O) groups excluding carboxylic acids is 2. The van der Waals surface area contributed by atoms with Crippen molar-refractivity contribution in [1.29, 1.82) is 0 Å². The topological polar surface area (TPSA) is 58.2 Å². The molecule has 0 radical (unpaired) electrons. The van der Waals surface area contributed by atoms with Crippen molar-refractivity contribution in [1.82, 2.24) is 0 Å². The highest BCUT2D eigenvalue weighted by Crippen LogP contribution is 2.30. The van der Waals surface area contributed by atoms with E-state index in [1.54, 1.807) is 0 Å². The molecule has 3 rings (SSSR count). The van der Waals surface area contributed by atoms with Crippen molar-refractivity contribution in [3.63, 3.8) is 0 Å². The summed E-state index contributed by atoms with van der Waals surface area (Å²) in [6.07, 6.45) is 6.18. The van der Waals surface area contributed by atoms with Gasteiger partial charge in [0.25, 0.3) is 0 Å². The van der Waals surface area contributed by atoms with Gasteiger partial charge in [0, 0.05) is 26.7 Å².